The molecule has 1 aromatic heterocycles. The predicted molar refractivity (Wildman–Crippen MR) is 97.6 cm³/mol. The normalized spacial score (nSPS) is 16.0. The molecule has 1 fully saturated rings. The minimum atomic E-state index is -3.20. The Hall–Kier alpha value is -1.98. The van der Waals surface area contributed by atoms with Crippen LogP contribution >= 0.6 is 11.8 Å². The number of benzene rings is 1. The van der Waals surface area contributed by atoms with Crippen molar-refractivity contribution in [3.05, 3.63) is 29.8 Å². The standard InChI is InChI=1S/C15H20N6O3S2/c1-12-4-3-5-13(10-12)21-15(16-17-18-21)25-11-14(22)19-6-8-20(9-7-19)26(2,23)24/h3-5,10H,6-9,11H2,1-2H3. The number of carbonyl (C=O) groups excluding carboxylic acids is 1. The molecule has 0 saturated carbocycles. The number of thioether (sulfide) groups is 1. The molecule has 3 rings (SSSR count). The van der Waals surface area contributed by atoms with E-state index in [1.165, 1.54) is 22.3 Å². The molecule has 1 aliphatic heterocycles. The molecule has 0 radical (unpaired) electrons. The Bertz CT molecular complexity index is 890. The molecular formula is C15H20N6O3S2. The summed E-state index contributed by atoms with van der Waals surface area (Å²) in [4.78, 5) is 14.1. The van der Waals surface area contributed by atoms with Crippen LogP contribution in [0.1, 0.15) is 5.56 Å². The zero-order valence-electron chi connectivity index (χ0n) is 14.6. The molecule has 1 aromatic carbocycles. The van der Waals surface area contributed by atoms with Crippen LogP contribution in [-0.2, 0) is 14.8 Å². The van der Waals surface area contributed by atoms with Crippen molar-refractivity contribution in [2.45, 2.75) is 12.1 Å². The Morgan fingerprint density at radius 3 is 2.62 bits per heavy atom. The minimum absolute atomic E-state index is 0.0538. The second-order valence-electron chi connectivity index (χ2n) is 6.04. The Morgan fingerprint density at radius 2 is 1.96 bits per heavy atom. The monoisotopic (exact) mass is 396 g/mol. The summed E-state index contributed by atoms with van der Waals surface area (Å²) in [5.74, 6) is 0.146. The largest absolute Gasteiger partial charge is 0.339 e. The molecule has 0 unspecified atom stereocenters. The quantitative estimate of drug-likeness (QED) is 0.664. The van der Waals surface area contributed by atoms with Gasteiger partial charge in [-0.05, 0) is 35.0 Å². The number of aromatic nitrogens is 4. The van der Waals surface area contributed by atoms with E-state index in [0.717, 1.165) is 11.3 Å². The van der Waals surface area contributed by atoms with Crippen LogP contribution in [0.15, 0.2) is 29.4 Å². The number of hydrogen-bond acceptors (Lipinski definition) is 7. The number of aryl methyl sites for hydroxylation is 1. The average Bonchev–Trinajstić information content (AvgIpc) is 3.07. The van der Waals surface area contributed by atoms with Crippen molar-refractivity contribution >= 4 is 27.7 Å². The number of tetrazole rings is 1. The van der Waals surface area contributed by atoms with Crippen molar-refractivity contribution in [3.63, 3.8) is 0 Å². The van der Waals surface area contributed by atoms with Crippen molar-refractivity contribution < 1.29 is 13.2 Å². The van der Waals surface area contributed by atoms with E-state index in [-0.39, 0.29) is 11.7 Å². The summed E-state index contributed by atoms with van der Waals surface area (Å²) in [7, 11) is -3.20. The van der Waals surface area contributed by atoms with Crippen molar-refractivity contribution in [2.75, 3.05) is 38.2 Å². The number of carbonyl (C=O) groups is 1. The van der Waals surface area contributed by atoms with E-state index in [2.05, 4.69) is 15.5 Å². The maximum atomic E-state index is 12.4. The van der Waals surface area contributed by atoms with Gasteiger partial charge in [0.15, 0.2) is 0 Å². The first-order valence-corrected chi connectivity index (χ1v) is 10.9. The van der Waals surface area contributed by atoms with Crippen LogP contribution in [0.4, 0.5) is 0 Å². The number of rotatable bonds is 5. The van der Waals surface area contributed by atoms with Gasteiger partial charge in [-0.1, -0.05) is 23.9 Å². The van der Waals surface area contributed by atoms with Gasteiger partial charge in [-0.15, -0.1) is 5.10 Å². The van der Waals surface area contributed by atoms with Crippen LogP contribution in [0, 0.1) is 6.92 Å². The van der Waals surface area contributed by atoms with E-state index in [1.807, 2.05) is 31.2 Å². The van der Waals surface area contributed by atoms with Gasteiger partial charge in [0.25, 0.3) is 0 Å². The van der Waals surface area contributed by atoms with E-state index in [0.29, 0.717) is 31.3 Å². The van der Waals surface area contributed by atoms with Crippen LogP contribution in [-0.4, -0.2) is 81.9 Å². The van der Waals surface area contributed by atoms with E-state index < -0.39 is 10.0 Å². The first-order chi connectivity index (χ1) is 12.3. The van der Waals surface area contributed by atoms with Gasteiger partial charge < -0.3 is 4.90 Å². The lowest BCUT2D eigenvalue weighted by Gasteiger charge is -2.33. The molecule has 26 heavy (non-hydrogen) atoms. The minimum Gasteiger partial charge on any atom is -0.339 e. The number of amides is 1. The van der Waals surface area contributed by atoms with Gasteiger partial charge in [-0.3, -0.25) is 4.79 Å². The third-order valence-corrected chi connectivity index (χ3v) is 6.28. The van der Waals surface area contributed by atoms with Gasteiger partial charge in [-0.2, -0.15) is 8.99 Å². The fourth-order valence-electron chi connectivity index (χ4n) is 2.68. The highest BCUT2D eigenvalue weighted by molar-refractivity contribution is 7.99. The van der Waals surface area contributed by atoms with E-state index >= 15 is 0 Å². The van der Waals surface area contributed by atoms with Crippen LogP contribution in [0.25, 0.3) is 5.69 Å². The second kappa shape index (κ2) is 7.72. The maximum Gasteiger partial charge on any atom is 0.233 e. The average molecular weight is 396 g/mol. The molecule has 11 heteroatoms. The molecule has 0 aliphatic carbocycles. The van der Waals surface area contributed by atoms with Crippen molar-refractivity contribution in [2.24, 2.45) is 0 Å². The summed E-state index contributed by atoms with van der Waals surface area (Å²) in [5.41, 5.74) is 1.93. The highest BCUT2D eigenvalue weighted by atomic mass is 32.2. The highest BCUT2D eigenvalue weighted by Gasteiger charge is 2.26. The highest BCUT2D eigenvalue weighted by Crippen LogP contribution is 2.19. The van der Waals surface area contributed by atoms with Crippen LogP contribution < -0.4 is 0 Å². The van der Waals surface area contributed by atoms with Gasteiger partial charge in [-0.25, -0.2) is 8.42 Å². The molecule has 0 N–H and O–H groups in total. The smallest absolute Gasteiger partial charge is 0.233 e. The molecule has 1 saturated heterocycles. The van der Waals surface area contributed by atoms with Crippen LogP contribution in [0.5, 0.6) is 0 Å². The fraction of sp³-hybridized carbons (Fsp3) is 0.467. The van der Waals surface area contributed by atoms with Gasteiger partial charge in [0, 0.05) is 26.2 Å². The molecule has 1 aliphatic rings. The number of hydrogen-bond donors (Lipinski definition) is 0. The topological polar surface area (TPSA) is 101 Å². The molecule has 0 atom stereocenters. The lowest BCUT2D eigenvalue weighted by molar-refractivity contribution is -0.129. The van der Waals surface area contributed by atoms with Crippen molar-refractivity contribution in [1.29, 1.82) is 0 Å². The molecule has 2 aromatic rings. The summed E-state index contributed by atoms with van der Waals surface area (Å²) in [6.07, 6.45) is 1.19. The number of sulfonamides is 1. The first-order valence-electron chi connectivity index (χ1n) is 8.06. The molecule has 140 valence electrons. The Morgan fingerprint density at radius 1 is 1.23 bits per heavy atom. The molecule has 9 nitrogen and oxygen atoms in total. The van der Waals surface area contributed by atoms with E-state index in [1.54, 1.807) is 9.58 Å². The zero-order valence-corrected chi connectivity index (χ0v) is 16.2. The van der Waals surface area contributed by atoms with Crippen molar-refractivity contribution in [1.82, 2.24) is 29.4 Å². The molecule has 1 amide bonds. The second-order valence-corrected chi connectivity index (χ2v) is 8.97. The summed E-state index contributed by atoms with van der Waals surface area (Å²) < 4.78 is 26.1. The van der Waals surface area contributed by atoms with Crippen molar-refractivity contribution in [3.8, 4) is 5.69 Å². The lowest BCUT2D eigenvalue weighted by atomic mass is 10.2. The first kappa shape index (κ1) is 18.8. The summed E-state index contributed by atoms with van der Waals surface area (Å²) in [6.45, 7) is 3.44. The summed E-state index contributed by atoms with van der Waals surface area (Å²) in [6, 6.07) is 7.78. The third kappa shape index (κ3) is 4.40. The number of nitrogens with zero attached hydrogens (tertiary/aromatic N) is 6. The molecule has 0 spiro atoms. The van der Waals surface area contributed by atoms with Gasteiger partial charge in [0.1, 0.15) is 0 Å². The fourth-order valence-corrected chi connectivity index (χ4v) is 4.30. The Kier molecular flexibility index (Phi) is 5.58. The van der Waals surface area contributed by atoms with Crippen LogP contribution in [0.2, 0.25) is 0 Å². The SMILES string of the molecule is Cc1cccc(-n2nnnc2SCC(=O)N2CCN(S(C)(=O)=O)CC2)c1. The van der Waals surface area contributed by atoms with E-state index in [9.17, 15) is 13.2 Å². The summed E-state index contributed by atoms with van der Waals surface area (Å²) >= 11 is 1.27. The van der Waals surface area contributed by atoms with Gasteiger partial charge in [0.05, 0.1) is 17.7 Å². The van der Waals surface area contributed by atoms with Gasteiger partial charge in [0.2, 0.25) is 21.1 Å². The Balaban J connectivity index is 1.59. The third-order valence-electron chi connectivity index (χ3n) is 4.07. The Labute approximate surface area is 156 Å². The van der Waals surface area contributed by atoms with Crippen LogP contribution in [0.3, 0.4) is 0 Å². The molecule has 2 heterocycles. The molecule has 0 bridgehead atoms. The lowest BCUT2D eigenvalue weighted by Crippen LogP contribution is -2.50. The summed E-state index contributed by atoms with van der Waals surface area (Å²) in [5, 5.41) is 12.2. The molecular weight excluding hydrogens is 376 g/mol. The number of piperazine rings is 1. The zero-order chi connectivity index (χ0) is 18.7. The van der Waals surface area contributed by atoms with E-state index in [4.69, 9.17) is 0 Å². The maximum absolute atomic E-state index is 12.4. The predicted octanol–water partition coefficient (Wildman–Crippen LogP) is 0.167. The van der Waals surface area contributed by atoms with Gasteiger partial charge >= 0.3 is 0 Å².